The first kappa shape index (κ1) is 16.6. The fourth-order valence-electron chi connectivity index (χ4n) is 2.94. The smallest absolute Gasteiger partial charge is 0.271 e. The van der Waals surface area contributed by atoms with Crippen molar-refractivity contribution in [2.75, 3.05) is 13.2 Å². The Morgan fingerprint density at radius 1 is 1.27 bits per heavy atom. The zero-order valence-electron chi connectivity index (χ0n) is 14.1. The van der Waals surface area contributed by atoms with Crippen LogP contribution in [0.5, 0.6) is 0 Å². The summed E-state index contributed by atoms with van der Waals surface area (Å²) < 4.78 is 13.0. The number of pyridine rings is 1. The van der Waals surface area contributed by atoms with Crippen LogP contribution >= 0.6 is 0 Å². The first-order valence-corrected chi connectivity index (χ1v) is 8.50. The lowest BCUT2D eigenvalue weighted by Gasteiger charge is -2.31. The molecule has 4 rings (SSSR count). The maximum absolute atomic E-state index is 12.7. The highest BCUT2D eigenvalue weighted by atomic mass is 16.5. The molecule has 1 aliphatic heterocycles. The third-order valence-electron chi connectivity index (χ3n) is 4.30. The van der Waals surface area contributed by atoms with Gasteiger partial charge in [-0.2, -0.15) is 5.10 Å². The summed E-state index contributed by atoms with van der Waals surface area (Å²) in [5, 5.41) is 7.21. The molecule has 8 nitrogen and oxygen atoms in total. The monoisotopic (exact) mass is 353 g/mol. The molecule has 8 heteroatoms. The minimum Gasteiger partial charge on any atom is -0.379 e. The minimum absolute atomic E-state index is 0.144. The molecule has 2 atom stereocenters. The largest absolute Gasteiger partial charge is 0.379 e. The number of aromatic nitrogens is 4. The quantitative estimate of drug-likeness (QED) is 0.742. The molecule has 4 heterocycles. The molecule has 1 fully saturated rings. The maximum atomic E-state index is 12.7. The Morgan fingerprint density at radius 3 is 3.12 bits per heavy atom. The highest BCUT2D eigenvalue weighted by Crippen LogP contribution is 2.14. The molecule has 0 saturated carbocycles. The fourth-order valence-corrected chi connectivity index (χ4v) is 2.94. The molecule has 134 valence electrons. The number of ether oxygens (including phenoxy) is 2. The highest BCUT2D eigenvalue weighted by Gasteiger charge is 2.29. The van der Waals surface area contributed by atoms with Crippen molar-refractivity contribution in [1.82, 2.24) is 24.9 Å². The van der Waals surface area contributed by atoms with E-state index in [4.69, 9.17) is 9.47 Å². The van der Waals surface area contributed by atoms with Crippen LogP contribution in [0.1, 0.15) is 22.6 Å². The van der Waals surface area contributed by atoms with E-state index in [0.29, 0.717) is 37.6 Å². The van der Waals surface area contributed by atoms with Crippen LogP contribution in [0.25, 0.3) is 5.65 Å². The van der Waals surface area contributed by atoms with E-state index in [1.54, 1.807) is 24.5 Å². The summed E-state index contributed by atoms with van der Waals surface area (Å²) in [5.41, 5.74) is 1.87. The van der Waals surface area contributed by atoms with Gasteiger partial charge in [0, 0.05) is 19.0 Å². The Kier molecular flexibility index (Phi) is 4.85. The van der Waals surface area contributed by atoms with Gasteiger partial charge in [0.25, 0.3) is 5.91 Å². The van der Waals surface area contributed by atoms with Crippen molar-refractivity contribution >= 4 is 11.6 Å². The van der Waals surface area contributed by atoms with E-state index in [1.807, 2.05) is 18.2 Å². The van der Waals surface area contributed by atoms with Gasteiger partial charge < -0.3 is 14.8 Å². The van der Waals surface area contributed by atoms with Gasteiger partial charge >= 0.3 is 0 Å². The molecule has 0 aromatic carbocycles. The second-order valence-electron chi connectivity index (χ2n) is 6.05. The number of carbonyl (C=O) groups is 1. The summed E-state index contributed by atoms with van der Waals surface area (Å²) in [4.78, 5) is 21.1. The SMILES string of the molecule is O=C(N[C@@H]1CCOC[C@H]1OCc1ccccn1)c1cnc2cccnn12. The number of hydrogen-bond donors (Lipinski definition) is 1. The normalized spacial score (nSPS) is 20.2. The Labute approximate surface area is 150 Å². The Hall–Kier alpha value is -2.84. The van der Waals surface area contributed by atoms with Crippen LogP contribution in [0.3, 0.4) is 0 Å². The lowest BCUT2D eigenvalue weighted by atomic mass is 10.1. The van der Waals surface area contributed by atoms with Crippen LogP contribution in [-0.4, -0.2) is 50.8 Å². The average Bonchev–Trinajstić information content (AvgIpc) is 3.12. The average molecular weight is 353 g/mol. The maximum Gasteiger partial charge on any atom is 0.271 e. The molecule has 0 radical (unpaired) electrons. The summed E-state index contributed by atoms with van der Waals surface area (Å²) in [6, 6.07) is 9.12. The standard InChI is InChI=1S/C18H19N5O3/c24-18(15-10-20-17-5-3-8-21-23(15)17)22-14-6-9-25-12-16(14)26-11-13-4-1-2-7-19-13/h1-5,7-8,10,14,16H,6,9,11-12H2,(H,22,24)/t14-,16-/m1/s1. The first-order chi connectivity index (χ1) is 12.8. The van der Waals surface area contributed by atoms with E-state index in [2.05, 4.69) is 20.4 Å². The third kappa shape index (κ3) is 3.56. The van der Waals surface area contributed by atoms with Crippen LogP contribution in [0.2, 0.25) is 0 Å². The van der Waals surface area contributed by atoms with Gasteiger partial charge in [0.1, 0.15) is 11.8 Å². The van der Waals surface area contributed by atoms with Gasteiger partial charge in [0.05, 0.1) is 31.1 Å². The summed E-state index contributed by atoms with van der Waals surface area (Å²) in [7, 11) is 0. The van der Waals surface area contributed by atoms with E-state index in [-0.39, 0.29) is 18.1 Å². The van der Waals surface area contributed by atoms with Crippen LogP contribution < -0.4 is 5.32 Å². The van der Waals surface area contributed by atoms with Gasteiger partial charge in [-0.1, -0.05) is 6.07 Å². The van der Waals surface area contributed by atoms with E-state index < -0.39 is 0 Å². The molecule has 1 aliphatic rings. The lowest BCUT2D eigenvalue weighted by Crippen LogP contribution is -2.50. The van der Waals surface area contributed by atoms with E-state index in [9.17, 15) is 4.79 Å². The van der Waals surface area contributed by atoms with Crippen molar-refractivity contribution in [2.45, 2.75) is 25.2 Å². The van der Waals surface area contributed by atoms with Gasteiger partial charge in [-0.25, -0.2) is 9.50 Å². The van der Waals surface area contributed by atoms with Crippen molar-refractivity contribution in [1.29, 1.82) is 0 Å². The number of hydrogen-bond acceptors (Lipinski definition) is 6. The number of nitrogens with one attached hydrogen (secondary N) is 1. The molecule has 0 bridgehead atoms. The van der Waals surface area contributed by atoms with E-state index in [0.717, 1.165) is 5.69 Å². The first-order valence-electron chi connectivity index (χ1n) is 8.50. The molecule has 1 amide bonds. The van der Waals surface area contributed by atoms with E-state index >= 15 is 0 Å². The number of carbonyl (C=O) groups excluding carboxylic acids is 1. The predicted molar refractivity (Wildman–Crippen MR) is 92.5 cm³/mol. The van der Waals surface area contributed by atoms with Gasteiger partial charge in [0.15, 0.2) is 5.65 Å². The fraction of sp³-hybridized carbons (Fsp3) is 0.333. The molecular weight excluding hydrogens is 334 g/mol. The Morgan fingerprint density at radius 2 is 2.23 bits per heavy atom. The Balaban J connectivity index is 1.43. The molecule has 0 unspecified atom stereocenters. The molecule has 1 saturated heterocycles. The van der Waals surface area contributed by atoms with Gasteiger partial charge in [-0.05, 0) is 30.7 Å². The highest BCUT2D eigenvalue weighted by molar-refractivity contribution is 5.93. The molecule has 1 N–H and O–H groups in total. The van der Waals surface area contributed by atoms with Crippen LogP contribution in [0.15, 0.2) is 48.9 Å². The molecule has 3 aromatic rings. The van der Waals surface area contributed by atoms with Crippen molar-refractivity contribution in [3.8, 4) is 0 Å². The molecule has 3 aromatic heterocycles. The van der Waals surface area contributed by atoms with Crippen molar-refractivity contribution in [2.24, 2.45) is 0 Å². The van der Waals surface area contributed by atoms with Crippen LogP contribution in [0, 0.1) is 0 Å². The molecular formula is C18H19N5O3. The minimum atomic E-state index is -0.234. The number of rotatable bonds is 5. The van der Waals surface area contributed by atoms with Gasteiger partial charge in [0.2, 0.25) is 0 Å². The summed E-state index contributed by atoms with van der Waals surface area (Å²) in [6.07, 6.45) is 5.33. The number of imidazole rings is 1. The van der Waals surface area contributed by atoms with Crippen molar-refractivity contribution in [3.63, 3.8) is 0 Å². The second kappa shape index (κ2) is 7.59. The topological polar surface area (TPSA) is 90.6 Å². The van der Waals surface area contributed by atoms with Gasteiger partial charge in [-0.15, -0.1) is 0 Å². The van der Waals surface area contributed by atoms with E-state index in [1.165, 1.54) is 10.7 Å². The predicted octanol–water partition coefficient (Wildman–Crippen LogP) is 1.23. The number of nitrogens with zero attached hydrogens (tertiary/aromatic N) is 4. The number of amides is 1. The van der Waals surface area contributed by atoms with Gasteiger partial charge in [-0.3, -0.25) is 9.78 Å². The Bertz CT molecular complexity index is 883. The summed E-state index contributed by atoms with van der Waals surface area (Å²) >= 11 is 0. The van der Waals surface area contributed by atoms with Crippen LogP contribution in [-0.2, 0) is 16.1 Å². The van der Waals surface area contributed by atoms with Crippen molar-refractivity contribution < 1.29 is 14.3 Å². The molecule has 0 aliphatic carbocycles. The summed E-state index contributed by atoms with van der Waals surface area (Å²) in [5.74, 6) is -0.227. The summed E-state index contributed by atoms with van der Waals surface area (Å²) in [6.45, 7) is 1.39. The second-order valence-corrected chi connectivity index (χ2v) is 6.05. The zero-order chi connectivity index (χ0) is 17.8. The molecule has 26 heavy (non-hydrogen) atoms. The van der Waals surface area contributed by atoms with Crippen LogP contribution in [0.4, 0.5) is 0 Å². The zero-order valence-corrected chi connectivity index (χ0v) is 14.1. The number of fused-ring (bicyclic) bond motifs is 1. The van der Waals surface area contributed by atoms with Crippen molar-refractivity contribution in [3.05, 3.63) is 60.3 Å². The molecule has 0 spiro atoms. The third-order valence-corrected chi connectivity index (χ3v) is 4.30. The lowest BCUT2D eigenvalue weighted by molar-refractivity contribution is -0.0743.